The predicted molar refractivity (Wildman–Crippen MR) is 65.5 cm³/mol. The smallest absolute Gasteiger partial charge is 0.336 e. The van der Waals surface area contributed by atoms with Crippen LogP contribution in [0, 0.1) is 0 Å². The number of rotatable bonds is 2. The van der Waals surface area contributed by atoms with Gasteiger partial charge in [-0.3, -0.25) is 4.79 Å². The molecule has 1 N–H and O–H groups in total. The Morgan fingerprint density at radius 3 is 2.71 bits per heavy atom. The van der Waals surface area contributed by atoms with Crippen molar-refractivity contribution in [3.8, 4) is 0 Å². The van der Waals surface area contributed by atoms with Gasteiger partial charge in [-0.25, -0.2) is 4.79 Å². The zero-order valence-corrected chi connectivity index (χ0v) is 9.73. The molecule has 0 aliphatic rings. The van der Waals surface area contributed by atoms with Crippen molar-refractivity contribution in [3.05, 3.63) is 45.7 Å². The van der Waals surface area contributed by atoms with Gasteiger partial charge >= 0.3 is 5.97 Å². The maximum Gasteiger partial charge on any atom is 0.336 e. The van der Waals surface area contributed by atoms with Crippen LogP contribution in [0.5, 0.6) is 0 Å². The molecule has 2 aromatic rings. The maximum absolute atomic E-state index is 11.7. The molecule has 4 nitrogen and oxygen atoms in total. The Morgan fingerprint density at radius 1 is 1.41 bits per heavy atom. The van der Waals surface area contributed by atoms with Crippen LogP contribution < -0.4 is 5.56 Å². The lowest BCUT2D eigenvalue weighted by Gasteiger charge is -2.11. The zero-order valence-electron chi connectivity index (χ0n) is 9.73. The van der Waals surface area contributed by atoms with Gasteiger partial charge in [-0.2, -0.15) is 0 Å². The molecule has 4 heteroatoms. The Morgan fingerprint density at radius 2 is 2.12 bits per heavy atom. The van der Waals surface area contributed by atoms with E-state index in [9.17, 15) is 9.59 Å². The Kier molecular flexibility index (Phi) is 2.71. The Bertz CT molecular complexity index is 655. The molecule has 0 saturated carbocycles. The summed E-state index contributed by atoms with van der Waals surface area (Å²) in [6.07, 6.45) is 0.758. The molecule has 0 spiro atoms. The summed E-state index contributed by atoms with van der Waals surface area (Å²) in [6, 6.07) is 6.63. The monoisotopic (exact) mass is 231 g/mol. The first-order valence-corrected chi connectivity index (χ1v) is 5.41. The van der Waals surface area contributed by atoms with Crippen LogP contribution in [0.3, 0.4) is 0 Å². The van der Waals surface area contributed by atoms with Crippen LogP contribution in [-0.2, 0) is 13.5 Å². The molecule has 1 aromatic carbocycles. The van der Waals surface area contributed by atoms with Crippen LogP contribution in [0.25, 0.3) is 10.9 Å². The summed E-state index contributed by atoms with van der Waals surface area (Å²) in [7, 11) is 1.66. The molecule has 1 aromatic heterocycles. The Labute approximate surface area is 98.1 Å². The van der Waals surface area contributed by atoms with E-state index in [0.29, 0.717) is 10.9 Å². The van der Waals surface area contributed by atoms with Gasteiger partial charge < -0.3 is 9.67 Å². The molecule has 0 aliphatic heterocycles. The first kappa shape index (κ1) is 11.4. The Balaban J connectivity index is 3.03. The molecule has 2 rings (SSSR count). The maximum atomic E-state index is 11.7. The van der Waals surface area contributed by atoms with Crippen molar-refractivity contribution >= 4 is 16.9 Å². The summed E-state index contributed by atoms with van der Waals surface area (Å²) in [6.45, 7) is 1.98. The Hall–Kier alpha value is -2.10. The van der Waals surface area contributed by atoms with Crippen LogP contribution in [0.4, 0.5) is 0 Å². The van der Waals surface area contributed by atoms with E-state index < -0.39 is 5.97 Å². The highest BCUT2D eigenvalue weighted by Crippen LogP contribution is 2.20. The molecule has 0 unspecified atom stereocenters. The van der Waals surface area contributed by atoms with Gasteiger partial charge in [0.2, 0.25) is 0 Å². The molecular weight excluding hydrogens is 218 g/mol. The minimum atomic E-state index is -1.07. The van der Waals surface area contributed by atoms with Crippen molar-refractivity contribution in [2.45, 2.75) is 13.3 Å². The number of nitrogens with zero attached hydrogens (tertiary/aromatic N) is 1. The third-order valence-electron chi connectivity index (χ3n) is 2.95. The van der Waals surface area contributed by atoms with Gasteiger partial charge in [0.15, 0.2) is 0 Å². The zero-order chi connectivity index (χ0) is 12.6. The van der Waals surface area contributed by atoms with Crippen molar-refractivity contribution in [2.24, 2.45) is 7.05 Å². The number of carbonyl (C=O) groups is 1. The number of carboxylic acids is 1. The number of pyridine rings is 1. The van der Waals surface area contributed by atoms with Crippen LogP contribution in [0.1, 0.15) is 22.8 Å². The van der Waals surface area contributed by atoms with E-state index in [1.165, 1.54) is 10.6 Å². The summed E-state index contributed by atoms with van der Waals surface area (Å²) in [5.41, 5.74) is 1.46. The quantitative estimate of drug-likeness (QED) is 0.857. The number of benzene rings is 1. The second kappa shape index (κ2) is 4.05. The van der Waals surface area contributed by atoms with Crippen molar-refractivity contribution in [1.82, 2.24) is 4.57 Å². The molecule has 88 valence electrons. The number of hydrogen-bond donors (Lipinski definition) is 1. The van der Waals surface area contributed by atoms with Gasteiger partial charge in [-0.1, -0.05) is 25.1 Å². The lowest BCUT2D eigenvalue weighted by Crippen LogP contribution is -2.19. The fraction of sp³-hybridized carbons (Fsp3) is 0.231. The number of carboxylic acid groups (broad SMARTS) is 1. The average molecular weight is 231 g/mol. The van der Waals surface area contributed by atoms with E-state index in [-0.39, 0.29) is 11.1 Å². The van der Waals surface area contributed by atoms with E-state index in [0.717, 1.165) is 12.0 Å². The summed E-state index contributed by atoms with van der Waals surface area (Å²) in [5.74, 6) is -1.07. The van der Waals surface area contributed by atoms with Crippen molar-refractivity contribution < 1.29 is 9.90 Å². The molecule has 0 saturated heterocycles. The number of hydrogen-bond acceptors (Lipinski definition) is 2. The van der Waals surface area contributed by atoms with Crippen molar-refractivity contribution in [3.63, 3.8) is 0 Å². The minimum absolute atomic E-state index is 0.0680. The largest absolute Gasteiger partial charge is 0.478 e. The molecule has 0 bridgehead atoms. The molecule has 0 fully saturated rings. The van der Waals surface area contributed by atoms with Crippen LogP contribution in [0.15, 0.2) is 29.1 Å². The summed E-state index contributed by atoms with van der Waals surface area (Å²) < 4.78 is 1.50. The highest BCUT2D eigenvalue weighted by Gasteiger charge is 2.13. The van der Waals surface area contributed by atoms with E-state index in [4.69, 9.17) is 5.11 Å². The molecule has 0 aliphatic carbocycles. The van der Waals surface area contributed by atoms with Gasteiger partial charge in [0.05, 0.1) is 11.1 Å². The number of aryl methyl sites for hydroxylation is 2. The lowest BCUT2D eigenvalue weighted by molar-refractivity contribution is 0.0699. The second-order valence-corrected chi connectivity index (χ2v) is 3.93. The van der Waals surface area contributed by atoms with Gasteiger partial charge in [0.1, 0.15) is 0 Å². The lowest BCUT2D eigenvalue weighted by atomic mass is 10.0. The minimum Gasteiger partial charge on any atom is -0.478 e. The number of aromatic carboxylic acids is 1. The first-order chi connectivity index (χ1) is 8.06. The van der Waals surface area contributed by atoms with E-state index in [2.05, 4.69) is 0 Å². The molecule has 0 radical (unpaired) electrons. The fourth-order valence-corrected chi connectivity index (χ4v) is 2.08. The molecular formula is C13H13NO3. The van der Waals surface area contributed by atoms with Crippen LogP contribution >= 0.6 is 0 Å². The molecule has 0 amide bonds. The third kappa shape index (κ3) is 1.71. The summed E-state index contributed by atoms with van der Waals surface area (Å²) in [4.78, 5) is 22.9. The molecule has 17 heavy (non-hydrogen) atoms. The van der Waals surface area contributed by atoms with Gasteiger partial charge in [-0.05, 0) is 12.0 Å². The standard InChI is InChI=1S/C13H13NO3/c1-3-8-5-4-6-9-10(13(16)17)7-11(15)14(2)12(8)9/h4-7H,3H2,1-2H3,(H,16,17). The highest BCUT2D eigenvalue weighted by atomic mass is 16.4. The van der Waals surface area contributed by atoms with Crippen LogP contribution in [0.2, 0.25) is 0 Å². The van der Waals surface area contributed by atoms with Gasteiger partial charge in [0.25, 0.3) is 5.56 Å². The topological polar surface area (TPSA) is 59.3 Å². The predicted octanol–water partition coefficient (Wildman–Crippen LogP) is 1.80. The molecule has 1 heterocycles. The molecule has 0 atom stereocenters. The van der Waals surface area contributed by atoms with Gasteiger partial charge in [0, 0.05) is 18.5 Å². The van der Waals surface area contributed by atoms with Gasteiger partial charge in [-0.15, -0.1) is 0 Å². The van der Waals surface area contributed by atoms with Crippen LogP contribution in [-0.4, -0.2) is 15.6 Å². The second-order valence-electron chi connectivity index (χ2n) is 3.93. The van der Waals surface area contributed by atoms with Crippen molar-refractivity contribution in [2.75, 3.05) is 0 Å². The van der Waals surface area contributed by atoms with Crippen molar-refractivity contribution in [1.29, 1.82) is 0 Å². The highest BCUT2D eigenvalue weighted by molar-refractivity contribution is 6.03. The van der Waals surface area contributed by atoms with E-state index in [1.54, 1.807) is 13.1 Å². The first-order valence-electron chi connectivity index (χ1n) is 5.41. The fourth-order valence-electron chi connectivity index (χ4n) is 2.08. The summed E-state index contributed by atoms with van der Waals surface area (Å²) >= 11 is 0. The SMILES string of the molecule is CCc1cccc2c(C(=O)O)cc(=O)n(C)c12. The number of aromatic nitrogens is 1. The third-order valence-corrected chi connectivity index (χ3v) is 2.95. The van der Waals surface area contributed by atoms with E-state index >= 15 is 0 Å². The average Bonchev–Trinajstić information content (AvgIpc) is 2.32. The normalized spacial score (nSPS) is 10.7. The van der Waals surface area contributed by atoms with E-state index in [1.807, 2.05) is 19.1 Å². The number of fused-ring (bicyclic) bond motifs is 1. The summed E-state index contributed by atoms with van der Waals surface area (Å²) in [5, 5.41) is 9.72. The number of para-hydroxylation sites is 1.